The van der Waals surface area contributed by atoms with Crippen molar-refractivity contribution in [1.29, 1.82) is 0 Å². The number of hydrogen-bond donors (Lipinski definition) is 1. The first kappa shape index (κ1) is 16.0. The van der Waals surface area contributed by atoms with E-state index in [9.17, 15) is 17.6 Å². The Hall–Kier alpha value is -2.38. The van der Waals surface area contributed by atoms with E-state index in [0.29, 0.717) is 18.3 Å². The summed E-state index contributed by atoms with van der Waals surface area (Å²) in [6.07, 6.45) is -3.44. The lowest BCUT2D eigenvalue weighted by molar-refractivity contribution is -0.139. The van der Waals surface area contributed by atoms with Crippen molar-refractivity contribution in [3.8, 4) is 5.88 Å². The van der Waals surface area contributed by atoms with Gasteiger partial charge in [0.25, 0.3) is 0 Å². The molecule has 118 valence electrons. The van der Waals surface area contributed by atoms with Gasteiger partial charge in [-0.2, -0.15) is 18.2 Å². The molecule has 2 rings (SSSR count). The summed E-state index contributed by atoms with van der Waals surface area (Å²) in [6, 6.07) is 5.41. The maximum Gasteiger partial charge on any atom is 0.423 e. The molecule has 0 amide bonds. The van der Waals surface area contributed by atoms with Crippen LogP contribution in [0, 0.1) is 5.82 Å². The van der Waals surface area contributed by atoms with E-state index in [1.54, 1.807) is 6.92 Å². The Bertz CT molecular complexity index is 646. The van der Waals surface area contributed by atoms with Gasteiger partial charge in [0.05, 0.1) is 6.61 Å². The molecule has 4 nitrogen and oxygen atoms in total. The molecule has 2 aromatic rings. The summed E-state index contributed by atoms with van der Waals surface area (Å²) in [5, 5.41) is 2.63. The van der Waals surface area contributed by atoms with E-state index in [1.165, 1.54) is 24.3 Å². The fourth-order valence-electron chi connectivity index (χ4n) is 1.62. The summed E-state index contributed by atoms with van der Waals surface area (Å²) in [5.41, 5.74) is -0.730. The molecule has 0 atom stereocenters. The summed E-state index contributed by atoms with van der Waals surface area (Å²) >= 11 is 0. The van der Waals surface area contributed by atoms with Crippen LogP contribution in [0.3, 0.4) is 0 Å². The van der Waals surface area contributed by atoms with Crippen LogP contribution in [0.25, 0.3) is 0 Å². The van der Waals surface area contributed by atoms with Crippen LogP contribution in [-0.2, 0) is 6.18 Å². The van der Waals surface area contributed by atoms with Crippen molar-refractivity contribution < 1.29 is 22.3 Å². The third-order valence-electron chi connectivity index (χ3n) is 2.58. The van der Waals surface area contributed by atoms with E-state index in [1.807, 2.05) is 0 Å². The van der Waals surface area contributed by atoms with Crippen molar-refractivity contribution in [2.45, 2.75) is 19.5 Å². The second kappa shape index (κ2) is 6.59. The zero-order valence-electron chi connectivity index (χ0n) is 11.6. The Morgan fingerprint density at radius 3 is 2.68 bits per heavy atom. The van der Waals surface area contributed by atoms with Crippen LogP contribution in [0.2, 0.25) is 0 Å². The molecule has 0 saturated heterocycles. The molecule has 1 aromatic carbocycles. The highest BCUT2D eigenvalue weighted by atomic mass is 19.4. The topological polar surface area (TPSA) is 47.0 Å². The molecule has 8 heteroatoms. The molecule has 1 N–H and O–H groups in total. The van der Waals surface area contributed by atoms with Gasteiger partial charge in [0, 0.05) is 11.9 Å². The normalized spacial score (nSPS) is 11.3. The highest BCUT2D eigenvalue weighted by Gasteiger charge is 2.36. The molecule has 1 aromatic heterocycles. The molecule has 0 bridgehead atoms. The highest BCUT2D eigenvalue weighted by Crippen LogP contribution is 2.35. The van der Waals surface area contributed by atoms with Crippen LogP contribution in [0.15, 0.2) is 30.5 Å². The predicted octanol–water partition coefficient (Wildman–Crippen LogP) is 4.17. The van der Waals surface area contributed by atoms with Crippen molar-refractivity contribution in [3.63, 3.8) is 0 Å². The summed E-state index contributed by atoms with van der Waals surface area (Å²) in [5.74, 6) is -1.15. The number of benzene rings is 1. The average Bonchev–Trinajstić information content (AvgIpc) is 2.44. The summed E-state index contributed by atoms with van der Waals surface area (Å²) in [7, 11) is 0. The maximum absolute atomic E-state index is 13.1. The van der Waals surface area contributed by atoms with Gasteiger partial charge in [-0.25, -0.2) is 9.37 Å². The fourth-order valence-corrected chi connectivity index (χ4v) is 1.62. The zero-order valence-corrected chi connectivity index (χ0v) is 11.6. The molecule has 0 saturated carbocycles. The Morgan fingerprint density at radius 2 is 2.05 bits per heavy atom. The minimum absolute atomic E-state index is 0.0967. The predicted molar refractivity (Wildman–Crippen MR) is 72.5 cm³/mol. The number of anilines is 2. The van der Waals surface area contributed by atoms with E-state index in [4.69, 9.17) is 4.74 Å². The molecule has 1 heterocycles. The molecule has 0 aliphatic heterocycles. The SMILES string of the molecule is CCCOc1nc(Nc2cccc(F)c2)ncc1C(F)(F)F. The molecule has 0 aliphatic rings. The van der Waals surface area contributed by atoms with Crippen LogP contribution >= 0.6 is 0 Å². The van der Waals surface area contributed by atoms with Gasteiger partial charge in [-0.1, -0.05) is 13.0 Å². The third-order valence-corrected chi connectivity index (χ3v) is 2.58. The van der Waals surface area contributed by atoms with Crippen LogP contribution in [0.4, 0.5) is 29.2 Å². The molecular formula is C14H13F4N3O. The molecule has 0 fully saturated rings. The highest BCUT2D eigenvalue weighted by molar-refractivity contribution is 5.53. The Morgan fingerprint density at radius 1 is 1.27 bits per heavy atom. The molecule has 0 spiro atoms. The summed E-state index contributed by atoms with van der Waals surface area (Å²) < 4.78 is 56.7. The maximum atomic E-state index is 13.1. The largest absolute Gasteiger partial charge is 0.477 e. The monoisotopic (exact) mass is 315 g/mol. The molecular weight excluding hydrogens is 302 g/mol. The molecule has 0 aliphatic carbocycles. The number of alkyl halides is 3. The standard InChI is InChI=1S/C14H13F4N3O/c1-2-6-22-12-11(14(16,17)18)8-19-13(21-12)20-10-5-3-4-9(15)7-10/h3-5,7-8H,2,6H2,1H3,(H,19,20,21). The zero-order chi connectivity index (χ0) is 16.2. The number of nitrogens with one attached hydrogen (secondary N) is 1. The van der Waals surface area contributed by atoms with Crippen molar-refractivity contribution in [1.82, 2.24) is 9.97 Å². The van der Waals surface area contributed by atoms with Gasteiger partial charge >= 0.3 is 6.18 Å². The number of hydrogen-bond acceptors (Lipinski definition) is 4. The Balaban J connectivity index is 2.29. The minimum Gasteiger partial charge on any atom is -0.477 e. The second-order valence-electron chi connectivity index (χ2n) is 4.39. The molecule has 0 unspecified atom stereocenters. The minimum atomic E-state index is -4.61. The van der Waals surface area contributed by atoms with Gasteiger partial charge in [0.15, 0.2) is 0 Å². The van der Waals surface area contributed by atoms with Crippen LogP contribution in [0.1, 0.15) is 18.9 Å². The first-order valence-electron chi connectivity index (χ1n) is 6.49. The van der Waals surface area contributed by atoms with E-state index in [0.717, 1.165) is 0 Å². The number of ether oxygens (including phenoxy) is 1. The lowest BCUT2D eigenvalue weighted by Gasteiger charge is -2.13. The second-order valence-corrected chi connectivity index (χ2v) is 4.39. The average molecular weight is 315 g/mol. The number of rotatable bonds is 5. The number of nitrogens with zero attached hydrogens (tertiary/aromatic N) is 2. The first-order valence-corrected chi connectivity index (χ1v) is 6.49. The molecule has 22 heavy (non-hydrogen) atoms. The van der Waals surface area contributed by atoms with E-state index in [2.05, 4.69) is 15.3 Å². The van der Waals surface area contributed by atoms with Crippen molar-refractivity contribution in [2.24, 2.45) is 0 Å². The van der Waals surface area contributed by atoms with Crippen molar-refractivity contribution in [3.05, 3.63) is 41.8 Å². The van der Waals surface area contributed by atoms with Crippen LogP contribution < -0.4 is 10.1 Å². The lowest BCUT2D eigenvalue weighted by Crippen LogP contribution is -2.12. The van der Waals surface area contributed by atoms with Gasteiger partial charge in [0.1, 0.15) is 11.4 Å². The third kappa shape index (κ3) is 4.06. The summed E-state index contributed by atoms with van der Waals surface area (Å²) in [6.45, 7) is 1.86. The van der Waals surface area contributed by atoms with Gasteiger partial charge in [-0.05, 0) is 24.6 Å². The number of aromatic nitrogens is 2. The smallest absolute Gasteiger partial charge is 0.423 e. The van der Waals surface area contributed by atoms with Crippen molar-refractivity contribution in [2.75, 3.05) is 11.9 Å². The Labute approximate surface area is 124 Å². The van der Waals surface area contributed by atoms with Gasteiger partial charge in [-0.15, -0.1) is 0 Å². The number of halogens is 4. The first-order chi connectivity index (χ1) is 10.4. The van der Waals surface area contributed by atoms with Crippen molar-refractivity contribution >= 4 is 11.6 Å². The molecule has 0 radical (unpaired) electrons. The van der Waals surface area contributed by atoms with E-state index < -0.39 is 23.4 Å². The fraction of sp³-hybridized carbons (Fsp3) is 0.286. The van der Waals surface area contributed by atoms with Gasteiger partial charge < -0.3 is 10.1 Å². The Kier molecular flexibility index (Phi) is 4.79. The van der Waals surface area contributed by atoms with Gasteiger partial charge in [-0.3, -0.25) is 0 Å². The van der Waals surface area contributed by atoms with Crippen LogP contribution in [0.5, 0.6) is 5.88 Å². The van der Waals surface area contributed by atoms with E-state index in [-0.39, 0.29) is 12.6 Å². The van der Waals surface area contributed by atoms with E-state index >= 15 is 0 Å². The quantitative estimate of drug-likeness (QED) is 0.841. The van der Waals surface area contributed by atoms with Crippen LogP contribution in [-0.4, -0.2) is 16.6 Å². The summed E-state index contributed by atoms with van der Waals surface area (Å²) in [4.78, 5) is 7.31. The van der Waals surface area contributed by atoms with Gasteiger partial charge in [0.2, 0.25) is 11.8 Å². The lowest BCUT2D eigenvalue weighted by atomic mass is 10.3.